The van der Waals surface area contributed by atoms with Crippen molar-refractivity contribution in [3.63, 3.8) is 0 Å². The smallest absolute Gasteiger partial charge is 0.212 e. The number of aliphatic imine (C=N–C) groups is 1. The molecular weight excluding hydrogens is 152 g/mol. The minimum Gasteiger partial charge on any atom is -0.212 e. The molecule has 2 nitrogen and oxygen atoms in total. The van der Waals surface area contributed by atoms with E-state index in [2.05, 4.69) is 4.99 Å². The van der Waals surface area contributed by atoms with Crippen molar-refractivity contribution in [3.05, 3.63) is 23.4 Å². The Balaban J connectivity index is 2.94. The second-order valence-electron chi connectivity index (χ2n) is 2.09. The highest BCUT2D eigenvalue weighted by Gasteiger charge is 2.12. The number of halogens is 2. The fourth-order valence-corrected chi connectivity index (χ4v) is 0.815. The first kappa shape index (κ1) is 7.82. The van der Waals surface area contributed by atoms with Gasteiger partial charge in [-0.15, -0.1) is 0 Å². The van der Waals surface area contributed by atoms with Crippen molar-refractivity contribution in [3.8, 4) is 0 Å². The van der Waals surface area contributed by atoms with E-state index >= 15 is 0 Å². The van der Waals surface area contributed by atoms with Crippen LogP contribution in [0.4, 0.5) is 8.78 Å². The zero-order valence-electron chi connectivity index (χ0n) is 5.60. The fourth-order valence-electron chi connectivity index (χ4n) is 0.815. The Labute approximate surface area is 61.9 Å². The average molecular weight is 157 g/mol. The maximum absolute atomic E-state index is 12.6. The van der Waals surface area contributed by atoms with Gasteiger partial charge in [-0.2, -0.15) is 4.99 Å². The van der Waals surface area contributed by atoms with E-state index in [9.17, 15) is 13.6 Å². The Morgan fingerprint density at radius 1 is 1.45 bits per heavy atom. The summed E-state index contributed by atoms with van der Waals surface area (Å²) in [6.45, 7) is 0. The zero-order valence-corrected chi connectivity index (χ0v) is 5.60. The number of hydrogen-bond donors (Lipinski definition) is 0. The largest absolute Gasteiger partial charge is 0.240 e. The molecule has 0 radical (unpaired) electrons. The van der Waals surface area contributed by atoms with E-state index in [4.69, 9.17) is 0 Å². The molecule has 11 heavy (non-hydrogen) atoms. The quantitative estimate of drug-likeness (QED) is 0.423. The summed E-state index contributed by atoms with van der Waals surface area (Å²) in [5.74, 6) is -1.30. The number of hydrogen-bond acceptors (Lipinski definition) is 2. The van der Waals surface area contributed by atoms with E-state index in [1.165, 1.54) is 6.08 Å². The molecule has 1 rings (SSSR count). The van der Waals surface area contributed by atoms with Crippen molar-refractivity contribution in [2.45, 2.75) is 12.8 Å². The fraction of sp³-hybridized carbons (Fsp3) is 0.286. The molecule has 0 amide bonds. The predicted molar refractivity (Wildman–Crippen MR) is 34.7 cm³/mol. The standard InChI is InChI=1S/C7H5F2NO/c8-5-1-2-7(10-4-11)6(9)3-5/h3H,1-2H2. The van der Waals surface area contributed by atoms with Gasteiger partial charge in [-0.25, -0.2) is 13.6 Å². The lowest BCUT2D eigenvalue weighted by molar-refractivity contribution is 0.540. The van der Waals surface area contributed by atoms with Crippen molar-refractivity contribution in [2.75, 3.05) is 0 Å². The van der Waals surface area contributed by atoms with Crippen LogP contribution in [0.1, 0.15) is 12.8 Å². The third-order valence-corrected chi connectivity index (χ3v) is 1.34. The second-order valence-corrected chi connectivity index (χ2v) is 2.09. The maximum Gasteiger partial charge on any atom is 0.240 e. The van der Waals surface area contributed by atoms with Crippen LogP contribution in [0.5, 0.6) is 0 Å². The van der Waals surface area contributed by atoms with Crippen LogP contribution in [0.3, 0.4) is 0 Å². The van der Waals surface area contributed by atoms with Crippen molar-refractivity contribution >= 4 is 6.08 Å². The van der Waals surface area contributed by atoms with Crippen LogP contribution in [-0.4, -0.2) is 6.08 Å². The Hall–Kier alpha value is -1.28. The molecule has 0 aliphatic heterocycles. The SMILES string of the molecule is O=C=NC1=C(F)C=C(F)CC1. The molecule has 58 valence electrons. The lowest BCUT2D eigenvalue weighted by Crippen LogP contribution is -1.91. The van der Waals surface area contributed by atoms with E-state index in [1.54, 1.807) is 0 Å². The summed E-state index contributed by atoms with van der Waals surface area (Å²) < 4.78 is 24.9. The topological polar surface area (TPSA) is 29.4 Å². The molecule has 0 aromatic carbocycles. The summed E-state index contributed by atoms with van der Waals surface area (Å²) in [4.78, 5) is 12.8. The van der Waals surface area contributed by atoms with Gasteiger partial charge in [0.2, 0.25) is 6.08 Å². The second kappa shape index (κ2) is 3.21. The predicted octanol–water partition coefficient (Wildman–Crippen LogP) is 2.15. The van der Waals surface area contributed by atoms with Crippen molar-refractivity contribution < 1.29 is 13.6 Å². The lowest BCUT2D eigenvalue weighted by Gasteiger charge is -2.04. The molecule has 1 aliphatic rings. The molecular formula is C7H5F2NO. The van der Waals surface area contributed by atoms with Gasteiger partial charge in [0.05, 0.1) is 5.70 Å². The Kier molecular flexibility index (Phi) is 2.28. The molecule has 0 saturated carbocycles. The zero-order chi connectivity index (χ0) is 8.27. The third-order valence-electron chi connectivity index (χ3n) is 1.34. The lowest BCUT2D eigenvalue weighted by atomic mass is 10.1. The van der Waals surface area contributed by atoms with Gasteiger partial charge in [0.1, 0.15) is 11.7 Å². The van der Waals surface area contributed by atoms with Gasteiger partial charge < -0.3 is 0 Å². The van der Waals surface area contributed by atoms with Crippen LogP contribution in [0.2, 0.25) is 0 Å². The highest BCUT2D eigenvalue weighted by atomic mass is 19.1. The maximum atomic E-state index is 12.6. The van der Waals surface area contributed by atoms with Gasteiger partial charge in [-0.05, 0) is 6.42 Å². The number of allylic oxidation sites excluding steroid dienone is 4. The number of rotatable bonds is 1. The van der Waals surface area contributed by atoms with Gasteiger partial charge in [0.15, 0.2) is 0 Å². The summed E-state index contributed by atoms with van der Waals surface area (Å²) in [6, 6.07) is 0. The molecule has 0 aromatic rings. The number of nitrogens with zero attached hydrogens (tertiary/aromatic N) is 1. The van der Waals surface area contributed by atoms with Crippen LogP contribution >= 0.6 is 0 Å². The molecule has 0 heterocycles. The summed E-state index contributed by atoms with van der Waals surface area (Å²) in [6.07, 6.45) is 2.18. The average Bonchev–Trinajstić information content (AvgIpc) is 1.95. The molecule has 0 atom stereocenters. The van der Waals surface area contributed by atoms with Gasteiger partial charge >= 0.3 is 0 Å². The highest BCUT2D eigenvalue weighted by molar-refractivity contribution is 5.39. The van der Waals surface area contributed by atoms with Crippen LogP contribution in [0.25, 0.3) is 0 Å². The van der Waals surface area contributed by atoms with E-state index in [0.29, 0.717) is 0 Å². The van der Waals surface area contributed by atoms with Gasteiger partial charge in [0, 0.05) is 12.5 Å². The molecule has 0 unspecified atom stereocenters. The van der Waals surface area contributed by atoms with Crippen LogP contribution in [0.15, 0.2) is 28.4 Å². The summed E-state index contributed by atoms with van der Waals surface area (Å²) in [5.41, 5.74) is -0.0265. The van der Waals surface area contributed by atoms with Crippen LogP contribution in [-0.2, 0) is 4.79 Å². The molecule has 0 aromatic heterocycles. The molecule has 0 fully saturated rings. The van der Waals surface area contributed by atoms with Crippen LogP contribution < -0.4 is 0 Å². The van der Waals surface area contributed by atoms with Crippen molar-refractivity contribution in [2.24, 2.45) is 4.99 Å². The molecule has 1 aliphatic carbocycles. The molecule has 0 saturated heterocycles. The third kappa shape index (κ3) is 1.82. The first-order valence-corrected chi connectivity index (χ1v) is 3.06. The normalized spacial score (nSPS) is 17.5. The molecule has 0 N–H and O–H groups in total. The number of carbonyl (C=O) groups excluding carboxylic acids is 1. The van der Waals surface area contributed by atoms with Gasteiger partial charge in [-0.3, -0.25) is 0 Å². The summed E-state index contributed by atoms with van der Waals surface area (Å²) >= 11 is 0. The summed E-state index contributed by atoms with van der Waals surface area (Å²) in [7, 11) is 0. The molecule has 0 bridgehead atoms. The van der Waals surface area contributed by atoms with E-state index in [1.807, 2.05) is 0 Å². The number of isocyanates is 1. The highest BCUT2D eigenvalue weighted by Crippen LogP contribution is 2.25. The first-order chi connectivity index (χ1) is 5.24. The van der Waals surface area contributed by atoms with E-state index in [0.717, 1.165) is 6.08 Å². The Bertz CT molecular complexity index is 274. The summed E-state index contributed by atoms with van der Waals surface area (Å²) in [5, 5.41) is 0. The van der Waals surface area contributed by atoms with Crippen molar-refractivity contribution in [1.82, 2.24) is 0 Å². The molecule has 0 spiro atoms. The minimum absolute atomic E-state index is 0.0265. The van der Waals surface area contributed by atoms with Gasteiger partial charge in [-0.1, -0.05) is 0 Å². The van der Waals surface area contributed by atoms with Gasteiger partial charge in [0.25, 0.3) is 0 Å². The van der Waals surface area contributed by atoms with E-state index < -0.39 is 11.7 Å². The van der Waals surface area contributed by atoms with Crippen LogP contribution in [0, 0.1) is 0 Å². The van der Waals surface area contributed by atoms with E-state index in [-0.39, 0.29) is 18.5 Å². The Morgan fingerprint density at radius 2 is 2.18 bits per heavy atom. The first-order valence-electron chi connectivity index (χ1n) is 3.06. The molecule has 4 heteroatoms. The Morgan fingerprint density at radius 3 is 2.73 bits per heavy atom. The minimum atomic E-state index is -0.780. The van der Waals surface area contributed by atoms with Crippen molar-refractivity contribution in [1.29, 1.82) is 0 Å². The monoisotopic (exact) mass is 157 g/mol.